The molecule has 0 unspecified atom stereocenters. The zero-order valence-corrected chi connectivity index (χ0v) is 16.8. The number of aromatic nitrogens is 1. The molecule has 1 saturated heterocycles. The monoisotopic (exact) mass is 388 g/mol. The zero-order valence-electron chi connectivity index (χ0n) is 15.2. The first-order valence-corrected chi connectivity index (χ1v) is 10.9. The first-order valence-electron chi connectivity index (χ1n) is 8.74. The Morgan fingerprint density at radius 1 is 1.31 bits per heavy atom. The molecule has 1 aromatic heterocycles. The third-order valence-electron chi connectivity index (χ3n) is 4.20. The smallest absolute Gasteiger partial charge is 0.251 e. The molecule has 0 saturated carbocycles. The fourth-order valence-electron chi connectivity index (χ4n) is 2.91. The molecule has 1 aromatic carbocycles. The minimum absolute atomic E-state index is 0.00816. The second-order valence-electron chi connectivity index (χ2n) is 6.37. The van der Waals surface area contributed by atoms with Gasteiger partial charge in [0.25, 0.3) is 5.91 Å². The van der Waals surface area contributed by atoms with Crippen molar-refractivity contribution >= 4 is 29.4 Å². The maximum absolute atomic E-state index is 12.5. The molecule has 6 heteroatoms. The van der Waals surface area contributed by atoms with Crippen molar-refractivity contribution in [1.82, 2.24) is 10.3 Å². The molecule has 1 fully saturated rings. The van der Waals surface area contributed by atoms with Gasteiger partial charge in [0.2, 0.25) is 0 Å². The van der Waals surface area contributed by atoms with Crippen molar-refractivity contribution in [1.29, 1.82) is 0 Å². The minimum atomic E-state index is -0.00816. The predicted molar refractivity (Wildman–Crippen MR) is 110 cm³/mol. The fraction of sp³-hybridized carbons (Fsp3) is 0.400. The van der Waals surface area contributed by atoms with Crippen LogP contribution in [-0.4, -0.2) is 39.9 Å². The molecular weight excluding hydrogens is 364 g/mol. The van der Waals surface area contributed by atoms with Crippen molar-refractivity contribution in [2.45, 2.75) is 25.7 Å². The third kappa shape index (κ3) is 5.17. The number of pyridine rings is 1. The fourth-order valence-corrected chi connectivity index (χ4v) is 5.52. The Morgan fingerprint density at radius 3 is 2.77 bits per heavy atom. The molecule has 0 radical (unpaired) electrons. The minimum Gasteiger partial charge on any atom is -0.488 e. The molecule has 2 heterocycles. The SMILES string of the molecule is Cc1cc(C(=O)NC[C@@H]2CSCCS2)cc(C)c1OCc1cccnc1. The van der Waals surface area contributed by atoms with Crippen LogP contribution in [-0.2, 0) is 6.61 Å². The number of nitrogens with one attached hydrogen (secondary N) is 1. The summed E-state index contributed by atoms with van der Waals surface area (Å²) >= 11 is 3.92. The van der Waals surface area contributed by atoms with Crippen LogP contribution >= 0.6 is 23.5 Å². The Bertz CT molecular complexity index is 724. The molecule has 0 spiro atoms. The average molecular weight is 389 g/mol. The van der Waals surface area contributed by atoms with E-state index in [1.54, 1.807) is 12.4 Å². The first-order chi connectivity index (χ1) is 12.6. The maximum Gasteiger partial charge on any atom is 0.251 e. The second kappa shape index (κ2) is 9.33. The number of hydrogen-bond donors (Lipinski definition) is 1. The molecule has 1 N–H and O–H groups in total. The number of amides is 1. The molecule has 1 atom stereocenters. The molecule has 1 aliphatic heterocycles. The molecule has 1 aliphatic rings. The zero-order chi connectivity index (χ0) is 18.4. The lowest BCUT2D eigenvalue weighted by Crippen LogP contribution is -2.33. The Labute approximate surface area is 163 Å². The van der Waals surface area contributed by atoms with Gasteiger partial charge in [0.1, 0.15) is 12.4 Å². The molecule has 138 valence electrons. The van der Waals surface area contributed by atoms with E-state index in [9.17, 15) is 4.79 Å². The molecule has 4 nitrogen and oxygen atoms in total. The van der Waals surface area contributed by atoms with Crippen LogP contribution in [0.1, 0.15) is 27.0 Å². The van der Waals surface area contributed by atoms with Crippen LogP contribution in [0.15, 0.2) is 36.7 Å². The van der Waals surface area contributed by atoms with Gasteiger partial charge in [-0.05, 0) is 43.2 Å². The van der Waals surface area contributed by atoms with E-state index in [1.165, 1.54) is 11.5 Å². The summed E-state index contributed by atoms with van der Waals surface area (Å²) in [4.78, 5) is 16.6. The lowest BCUT2D eigenvalue weighted by molar-refractivity contribution is 0.0954. The summed E-state index contributed by atoms with van der Waals surface area (Å²) in [6, 6.07) is 7.70. The van der Waals surface area contributed by atoms with Gasteiger partial charge < -0.3 is 10.1 Å². The number of carbonyl (C=O) groups is 1. The van der Waals surface area contributed by atoms with Crippen LogP contribution in [0.2, 0.25) is 0 Å². The highest BCUT2D eigenvalue weighted by atomic mass is 32.2. The first kappa shape index (κ1) is 19.1. The Balaban J connectivity index is 1.61. The standard InChI is InChI=1S/C20H24N2O2S2/c1-14-8-17(20(23)22-11-18-13-25-6-7-26-18)9-15(2)19(14)24-12-16-4-3-5-21-10-16/h3-5,8-10,18H,6-7,11-13H2,1-2H3,(H,22,23)/t18-/m1/s1. The number of carbonyl (C=O) groups excluding carboxylic acids is 1. The largest absolute Gasteiger partial charge is 0.488 e. The van der Waals surface area contributed by atoms with E-state index < -0.39 is 0 Å². The summed E-state index contributed by atoms with van der Waals surface area (Å²) in [6.07, 6.45) is 3.55. The van der Waals surface area contributed by atoms with E-state index in [1.807, 2.05) is 61.6 Å². The van der Waals surface area contributed by atoms with Crippen LogP contribution in [0.25, 0.3) is 0 Å². The van der Waals surface area contributed by atoms with E-state index in [0.717, 1.165) is 34.7 Å². The number of benzene rings is 1. The van der Waals surface area contributed by atoms with Crippen molar-refractivity contribution in [3.05, 3.63) is 58.9 Å². The van der Waals surface area contributed by atoms with Crippen molar-refractivity contribution in [2.24, 2.45) is 0 Å². The quantitative estimate of drug-likeness (QED) is 0.814. The molecule has 1 amide bonds. The number of aryl methyl sites for hydroxylation is 2. The molecule has 2 aromatic rings. The Hall–Kier alpha value is -1.66. The normalized spacial score (nSPS) is 16.9. The molecule has 26 heavy (non-hydrogen) atoms. The predicted octanol–water partition coefficient (Wildman–Crippen LogP) is 3.86. The second-order valence-corrected chi connectivity index (χ2v) is 8.92. The van der Waals surface area contributed by atoms with Gasteiger partial charge in [-0.3, -0.25) is 9.78 Å². The highest BCUT2D eigenvalue weighted by Crippen LogP contribution is 2.26. The van der Waals surface area contributed by atoms with Gasteiger partial charge in [-0.15, -0.1) is 0 Å². The number of thioether (sulfide) groups is 2. The summed E-state index contributed by atoms with van der Waals surface area (Å²) < 4.78 is 5.97. The van der Waals surface area contributed by atoms with Gasteiger partial charge in [-0.25, -0.2) is 0 Å². The van der Waals surface area contributed by atoms with Crippen LogP contribution in [0, 0.1) is 13.8 Å². The van der Waals surface area contributed by atoms with Crippen LogP contribution < -0.4 is 10.1 Å². The van der Waals surface area contributed by atoms with Crippen molar-refractivity contribution in [2.75, 3.05) is 23.8 Å². The Kier molecular flexibility index (Phi) is 6.86. The van der Waals surface area contributed by atoms with Crippen LogP contribution in [0.4, 0.5) is 0 Å². The van der Waals surface area contributed by atoms with E-state index in [2.05, 4.69) is 10.3 Å². The number of nitrogens with zero attached hydrogens (tertiary/aromatic N) is 1. The van der Waals surface area contributed by atoms with Crippen molar-refractivity contribution in [3.8, 4) is 5.75 Å². The van der Waals surface area contributed by atoms with Crippen molar-refractivity contribution < 1.29 is 9.53 Å². The van der Waals surface area contributed by atoms with Gasteiger partial charge in [0.15, 0.2) is 0 Å². The molecular formula is C20H24N2O2S2. The third-order valence-corrected chi connectivity index (χ3v) is 7.05. The molecule has 0 aliphatic carbocycles. The summed E-state index contributed by atoms with van der Waals surface area (Å²) in [5.41, 5.74) is 3.67. The van der Waals surface area contributed by atoms with Crippen molar-refractivity contribution in [3.63, 3.8) is 0 Å². The summed E-state index contributed by atoms with van der Waals surface area (Å²) in [5, 5.41) is 3.59. The highest BCUT2D eigenvalue weighted by molar-refractivity contribution is 8.06. The van der Waals surface area contributed by atoms with Crippen LogP contribution in [0.3, 0.4) is 0 Å². The van der Waals surface area contributed by atoms with Gasteiger partial charge in [0.05, 0.1) is 0 Å². The van der Waals surface area contributed by atoms with E-state index >= 15 is 0 Å². The topological polar surface area (TPSA) is 51.2 Å². The van der Waals surface area contributed by atoms with E-state index in [-0.39, 0.29) is 5.91 Å². The average Bonchev–Trinajstić information content (AvgIpc) is 2.67. The van der Waals surface area contributed by atoms with Gasteiger partial charge in [-0.2, -0.15) is 23.5 Å². The lowest BCUT2D eigenvalue weighted by Gasteiger charge is -2.21. The van der Waals surface area contributed by atoms with Gasteiger partial charge in [-0.1, -0.05) is 6.07 Å². The van der Waals surface area contributed by atoms with E-state index in [4.69, 9.17) is 4.74 Å². The summed E-state index contributed by atoms with van der Waals surface area (Å²) in [5.74, 6) is 4.33. The number of rotatable bonds is 6. The Morgan fingerprint density at radius 2 is 2.12 bits per heavy atom. The van der Waals surface area contributed by atoms with Gasteiger partial charge >= 0.3 is 0 Å². The highest BCUT2D eigenvalue weighted by Gasteiger charge is 2.17. The summed E-state index contributed by atoms with van der Waals surface area (Å²) in [7, 11) is 0. The maximum atomic E-state index is 12.5. The van der Waals surface area contributed by atoms with E-state index in [0.29, 0.717) is 17.4 Å². The number of ether oxygens (including phenoxy) is 1. The van der Waals surface area contributed by atoms with Crippen LogP contribution in [0.5, 0.6) is 5.75 Å². The van der Waals surface area contributed by atoms with Gasteiger partial charge in [0, 0.05) is 52.6 Å². The molecule has 0 bridgehead atoms. The molecule has 3 rings (SSSR count). The lowest BCUT2D eigenvalue weighted by atomic mass is 10.0. The summed E-state index contributed by atoms with van der Waals surface area (Å²) in [6.45, 7) is 5.16. The number of hydrogen-bond acceptors (Lipinski definition) is 5.